The second kappa shape index (κ2) is 23.4. The lowest BCUT2D eigenvalue weighted by atomic mass is 9.89. The number of nitrogen functional groups attached to an aromatic ring is 2. The summed E-state index contributed by atoms with van der Waals surface area (Å²) in [6, 6.07) is 104. The van der Waals surface area contributed by atoms with Crippen molar-refractivity contribution >= 4 is 111 Å². The Kier molecular flexibility index (Phi) is 15.5. The molecule has 76 heavy (non-hydrogen) atoms. The average Bonchev–Trinajstić information content (AvgIpc) is 3.48. The van der Waals surface area contributed by atoms with Gasteiger partial charge in [-0.2, -0.15) is 0 Å². The van der Waals surface area contributed by atoms with Crippen LogP contribution in [0, 0.1) is 3.57 Å². The minimum atomic E-state index is 0. The molecule has 0 aliphatic carbocycles. The van der Waals surface area contributed by atoms with E-state index in [-0.39, 0.29) is 7.43 Å². The second-order valence-corrected chi connectivity index (χ2v) is 19.4. The van der Waals surface area contributed by atoms with Crippen LogP contribution in [0.5, 0.6) is 0 Å². The zero-order chi connectivity index (χ0) is 50.9. The predicted molar refractivity (Wildman–Crippen MR) is 338 cm³/mol. The van der Waals surface area contributed by atoms with Crippen LogP contribution in [0.25, 0.3) is 65.3 Å². The van der Waals surface area contributed by atoms with E-state index < -0.39 is 0 Å². The summed E-state index contributed by atoms with van der Waals surface area (Å²) in [4.78, 5) is 4.78. The molecule has 0 fully saturated rings. The van der Waals surface area contributed by atoms with Gasteiger partial charge < -0.3 is 21.3 Å². The maximum absolute atomic E-state index is 6.32. The quantitative estimate of drug-likeness (QED) is 0.118. The highest BCUT2D eigenvalue weighted by Gasteiger charge is 2.26. The Balaban J connectivity index is 0.000000180. The zero-order valence-corrected chi connectivity index (χ0v) is 43.4. The molecule has 0 radical (unpaired) electrons. The van der Waals surface area contributed by atoms with Crippen LogP contribution < -0.4 is 21.3 Å². The maximum atomic E-state index is 6.32. The van der Waals surface area contributed by atoms with Gasteiger partial charge in [-0.1, -0.05) is 220 Å². The van der Waals surface area contributed by atoms with E-state index in [1.54, 1.807) is 0 Å². The number of benzene rings is 13. The van der Waals surface area contributed by atoms with Crippen LogP contribution in [-0.4, -0.2) is 0 Å². The van der Waals surface area contributed by atoms with Crippen molar-refractivity contribution in [3.8, 4) is 22.3 Å². The Morgan fingerprint density at radius 1 is 0.237 bits per heavy atom. The first kappa shape index (κ1) is 50.4. The number of nitrogens with zero attached hydrogens (tertiary/aromatic N) is 2. The van der Waals surface area contributed by atoms with Crippen LogP contribution in [0.1, 0.15) is 7.43 Å². The van der Waals surface area contributed by atoms with Crippen molar-refractivity contribution in [2.75, 3.05) is 21.3 Å². The highest BCUT2D eigenvalue weighted by Crippen LogP contribution is 2.51. The van der Waals surface area contributed by atoms with Crippen LogP contribution in [0.2, 0.25) is 0 Å². The number of para-hydroxylation sites is 4. The molecular formula is C71H57IN4. The van der Waals surface area contributed by atoms with Crippen molar-refractivity contribution in [2.45, 2.75) is 7.43 Å². The Morgan fingerprint density at radius 2 is 0.474 bits per heavy atom. The third-order valence-electron chi connectivity index (χ3n) is 13.5. The number of halogens is 1. The van der Waals surface area contributed by atoms with Crippen molar-refractivity contribution in [1.29, 1.82) is 0 Å². The first-order chi connectivity index (χ1) is 37.0. The minimum Gasteiger partial charge on any atom is -0.398 e. The zero-order valence-electron chi connectivity index (χ0n) is 41.2. The van der Waals surface area contributed by atoms with Gasteiger partial charge in [0.05, 0.1) is 11.4 Å². The summed E-state index contributed by atoms with van der Waals surface area (Å²) in [6.45, 7) is 0. The van der Waals surface area contributed by atoms with Gasteiger partial charge in [-0.3, -0.25) is 0 Å². The van der Waals surface area contributed by atoms with Gasteiger partial charge in [0.1, 0.15) is 0 Å². The lowest BCUT2D eigenvalue weighted by Crippen LogP contribution is -2.14. The van der Waals surface area contributed by atoms with E-state index in [9.17, 15) is 0 Å². The summed E-state index contributed by atoms with van der Waals surface area (Å²) in [5, 5.41) is 9.40. The first-order valence-corrected chi connectivity index (χ1v) is 26.2. The molecule has 4 nitrogen and oxygen atoms in total. The Labute approximate surface area is 459 Å². The third kappa shape index (κ3) is 10.5. The van der Waals surface area contributed by atoms with Crippen LogP contribution in [0.4, 0.5) is 45.5 Å². The van der Waals surface area contributed by atoms with E-state index in [0.29, 0.717) is 0 Å². The normalized spacial score (nSPS) is 10.7. The minimum absolute atomic E-state index is 0. The molecule has 0 aliphatic heterocycles. The molecule has 0 spiro atoms. The monoisotopic (exact) mass is 1090 g/mol. The summed E-state index contributed by atoms with van der Waals surface area (Å²) < 4.78 is 1.29. The molecule has 0 amide bonds. The molecule has 0 aromatic heterocycles. The van der Waals surface area contributed by atoms with Gasteiger partial charge in [0.2, 0.25) is 0 Å². The van der Waals surface area contributed by atoms with Gasteiger partial charge in [0, 0.05) is 59.9 Å². The van der Waals surface area contributed by atoms with E-state index in [2.05, 4.69) is 275 Å². The fraction of sp³-hybridized carbons (Fsp3) is 0.0141. The van der Waals surface area contributed by atoms with Crippen molar-refractivity contribution < 1.29 is 0 Å². The summed E-state index contributed by atoms with van der Waals surface area (Å²) in [7, 11) is 0. The summed E-state index contributed by atoms with van der Waals surface area (Å²) in [5.41, 5.74) is 25.2. The molecule has 13 aromatic rings. The summed E-state index contributed by atoms with van der Waals surface area (Å²) in [5.74, 6) is 0. The molecule has 13 rings (SSSR count). The molecule has 0 saturated carbocycles. The van der Waals surface area contributed by atoms with Crippen molar-refractivity contribution in [3.05, 3.63) is 301 Å². The molecule has 5 heteroatoms. The molecule has 0 saturated heterocycles. The van der Waals surface area contributed by atoms with Crippen LogP contribution in [-0.2, 0) is 0 Å². The largest absolute Gasteiger partial charge is 0.398 e. The topological polar surface area (TPSA) is 58.5 Å². The van der Waals surface area contributed by atoms with E-state index in [1.807, 2.05) is 54.6 Å². The van der Waals surface area contributed by atoms with Crippen LogP contribution >= 0.6 is 22.6 Å². The smallest absolute Gasteiger partial charge is 0.0547 e. The fourth-order valence-electron chi connectivity index (χ4n) is 10.1. The Hall–Kier alpha value is -9.17. The number of fused-ring (bicyclic) bond motifs is 4. The molecule has 368 valence electrons. The molecular weight excluding hydrogens is 1040 g/mol. The average molecular weight is 1090 g/mol. The van der Waals surface area contributed by atoms with Crippen molar-refractivity contribution in [1.82, 2.24) is 0 Å². The van der Waals surface area contributed by atoms with E-state index in [1.165, 1.54) is 47.0 Å². The highest BCUT2D eigenvalue weighted by molar-refractivity contribution is 14.1. The number of hydrogen-bond donors (Lipinski definition) is 2. The van der Waals surface area contributed by atoms with Gasteiger partial charge in [0.25, 0.3) is 0 Å². The standard InChI is InChI=1S/C44H32N2.C20H16N2.C6H5I.CH4/c1-5-19-35(20-6-1)45(36-21-7-2-8-22-36)41-31-29-33-17-13-15-27-39(33)43(41)44-40-28-16-14-18-34(40)30-32-42(44)46(37-23-9-3-10-24-37)38-25-11-4-12-26-38;21-17-11-9-13-5-1-3-7-15(13)19(17)20-16-8-4-2-6-14(16)10-12-18(20)22;7-6-4-2-1-3-5-6;/h1-32H;1-12H,21-22H2;1-5H;1H4. The third-order valence-corrected chi connectivity index (χ3v) is 14.2. The molecule has 0 unspecified atom stereocenters. The molecule has 13 aromatic carbocycles. The molecule has 4 N–H and O–H groups in total. The number of nitrogens with two attached hydrogens (primary N) is 2. The van der Waals surface area contributed by atoms with Crippen molar-refractivity contribution in [3.63, 3.8) is 0 Å². The van der Waals surface area contributed by atoms with Gasteiger partial charge in [-0.05, 0) is 151 Å². The lowest BCUT2D eigenvalue weighted by Gasteiger charge is -2.32. The molecule has 0 heterocycles. The number of rotatable bonds is 8. The van der Waals surface area contributed by atoms with Crippen molar-refractivity contribution in [2.24, 2.45) is 0 Å². The van der Waals surface area contributed by atoms with Gasteiger partial charge in [-0.15, -0.1) is 0 Å². The van der Waals surface area contributed by atoms with Gasteiger partial charge in [0.15, 0.2) is 0 Å². The highest BCUT2D eigenvalue weighted by atomic mass is 127. The Bertz CT molecular complexity index is 3710. The fourth-order valence-corrected chi connectivity index (χ4v) is 10.5. The SMILES string of the molecule is C.Ic1ccccc1.Nc1ccc2ccccc2c1-c1c(N)ccc2ccccc12.c1ccc(N(c2ccccc2)c2ccc3ccccc3c2-c2c(N(c3ccccc3)c3ccccc3)ccc3ccccc23)cc1. The Morgan fingerprint density at radius 3 is 0.750 bits per heavy atom. The van der Waals surface area contributed by atoms with Crippen LogP contribution in [0.3, 0.4) is 0 Å². The summed E-state index contributed by atoms with van der Waals surface area (Å²) in [6.07, 6.45) is 0. The number of anilines is 8. The number of hydrogen-bond acceptors (Lipinski definition) is 4. The van der Waals surface area contributed by atoms with Gasteiger partial charge >= 0.3 is 0 Å². The molecule has 0 aliphatic rings. The van der Waals surface area contributed by atoms with Gasteiger partial charge in [-0.25, -0.2) is 0 Å². The lowest BCUT2D eigenvalue weighted by molar-refractivity contribution is 1.27. The second-order valence-electron chi connectivity index (χ2n) is 18.2. The molecule has 0 bridgehead atoms. The van der Waals surface area contributed by atoms with E-state index in [0.717, 1.165) is 67.4 Å². The molecule has 0 atom stereocenters. The first-order valence-electron chi connectivity index (χ1n) is 25.1. The van der Waals surface area contributed by atoms with E-state index in [4.69, 9.17) is 11.5 Å². The maximum Gasteiger partial charge on any atom is 0.0547 e. The summed E-state index contributed by atoms with van der Waals surface area (Å²) >= 11 is 2.28. The van der Waals surface area contributed by atoms with Crippen LogP contribution in [0.15, 0.2) is 297 Å². The van der Waals surface area contributed by atoms with E-state index >= 15 is 0 Å². The predicted octanol–water partition coefficient (Wildman–Crippen LogP) is 20.4.